The highest BCUT2D eigenvalue weighted by molar-refractivity contribution is 9.10. The summed E-state index contributed by atoms with van der Waals surface area (Å²) in [7, 11) is 1.45. The van der Waals surface area contributed by atoms with Crippen molar-refractivity contribution >= 4 is 45.6 Å². The first kappa shape index (κ1) is 24.9. The largest absolute Gasteiger partial charge is 0.493 e. The molecular weight excluding hydrogens is 482 g/mol. The maximum atomic E-state index is 12.0. The molecule has 0 radical (unpaired) electrons. The molecule has 9 nitrogen and oxygen atoms in total. The lowest BCUT2D eigenvalue weighted by Gasteiger charge is -2.13. The number of carbonyl (C=O) groups is 3. The van der Waals surface area contributed by atoms with Crippen molar-refractivity contribution in [2.24, 2.45) is 5.10 Å². The minimum absolute atomic E-state index is 0.259. The third-order valence-electron chi connectivity index (χ3n) is 4.03. The average Bonchev–Trinajstić information content (AvgIpc) is 2.74. The Morgan fingerprint density at radius 2 is 1.91 bits per heavy atom. The van der Waals surface area contributed by atoms with Gasteiger partial charge in [-0.3, -0.25) is 9.59 Å². The zero-order valence-electron chi connectivity index (χ0n) is 17.9. The number of esters is 1. The van der Waals surface area contributed by atoms with E-state index in [0.29, 0.717) is 27.2 Å². The quantitative estimate of drug-likeness (QED) is 0.221. The first-order valence-corrected chi connectivity index (χ1v) is 10.5. The third-order valence-corrected chi connectivity index (χ3v) is 4.62. The molecule has 0 spiro atoms. The van der Waals surface area contributed by atoms with Gasteiger partial charge < -0.3 is 19.5 Å². The van der Waals surface area contributed by atoms with E-state index in [2.05, 4.69) is 31.8 Å². The fourth-order valence-electron chi connectivity index (χ4n) is 2.56. The van der Waals surface area contributed by atoms with Gasteiger partial charge in [0.2, 0.25) is 11.8 Å². The maximum absolute atomic E-state index is 12.0. The highest BCUT2D eigenvalue weighted by Gasteiger charge is 2.14. The lowest BCUT2D eigenvalue weighted by molar-refractivity contribution is -0.145. The molecule has 32 heavy (non-hydrogen) atoms. The van der Waals surface area contributed by atoms with Crippen LogP contribution in [0.1, 0.15) is 24.5 Å². The van der Waals surface area contributed by atoms with Crippen LogP contribution in [0.15, 0.2) is 46.0 Å². The van der Waals surface area contributed by atoms with Crippen LogP contribution in [0.3, 0.4) is 0 Å². The van der Waals surface area contributed by atoms with Crippen molar-refractivity contribution in [2.45, 2.75) is 20.3 Å². The number of ether oxygens (including phenoxy) is 3. The number of halogens is 1. The molecule has 0 atom stereocenters. The van der Waals surface area contributed by atoms with Crippen molar-refractivity contribution < 1.29 is 28.6 Å². The van der Waals surface area contributed by atoms with Gasteiger partial charge in [-0.1, -0.05) is 18.2 Å². The molecule has 170 valence electrons. The summed E-state index contributed by atoms with van der Waals surface area (Å²) in [5.74, 6) is -0.822. The number of amides is 2. The molecular formula is C22H24BrN3O6. The van der Waals surface area contributed by atoms with Gasteiger partial charge in [0.15, 0.2) is 18.1 Å². The topological polar surface area (TPSA) is 115 Å². The lowest BCUT2D eigenvalue weighted by atomic mass is 10.2. The molecule has 0 saturated carbocycles. The maximum Gasteiger partial charge on any atom is 0.344 e. The number of para-hydroxylation sites is 1. The van der Waals surface area contributed by atoms with E-state index in [4.69, 9.17) is 14.2 Å². The van der Waals surface area contributed by atoms with Crippen LogP contribution in [0.25, 0.3) is 0 Å². The van der Waals surface area contributed by atoms with Gasteiger partial charge in [0, 0.05) is 5.69 Å². The molecule has 2 amide bonds. The fraction of sp³-hybridized carbons (Fsp3) is 0.273. The summed E-state index contributed by atoms with van der Waals surface area (Å²) in [6.45, 7) is 3.56. The Bertz CT molecular complexity index is 1010. The van der Waals surface area contributed by atoms with Gasteiger partial charge in [0.25, 0.3) is 0 Å². The minimum atomic E-state index is -0.562. The Hall–Kier alpha value is -3.40. The number of hydrogen-bond donors (Lipinski definition) is 2. The summed E-state index contributed by atoms with van der Waals surface area (Å²) < 4.78 is 16.1. The molecule has 0 saturated heterocycles. The van der Waals surface area contributed by atoms with Crippen molar-refractivity contribution in [2.75, 3.05) is 25.6 Å². The number of anilines is 1. The molecule has 0 aliphatic rings. The van der Waals surface area contributed by atoms with E-state index >= 15 is 0 Å². The van der Waals surface area contributed by atoms with Gasteiger partial charge in [-0.25, -0.2) is 10.2 Å². The summed E-state index contributed by atoms with van der Waals surface area (Å²) in [6.07, 6.45) is 1.01. The average molecular weight is 506 g/mol. The van der Waals surface area contributed by atoms with Gasteiger partial charge in [-0.05, 0) is 59.1 Å². The van der Waals surface area contributed by atoms with Gasteiger partial charge in [-0.15, -0.1) is 0 Å². The molecule has 0 unspecified atom stereocenters. The van der Waals surface area contributed by atoms with Crippen LogP contribution in [-0.4, -0.2) is 44.3 Å². The number of hydrogen-bond acceptors (Lipinski definition) is 7. The second-order valence-electron chi connectivity index (χ2n) is 6.46. The summed E-state index contributed by atoms with van der Waals surface area (Å²) >= 11 is 3.36. The number of hydrazone groups is 1. The number of methoxy groups -OCH3 is 1. The van der Waals surface area contributed by atoms with E-state index in [1.54, 1.807) is 31.2 Å². The van der Waals surface area contributed by atoms with Crippen LogP contribution in [0.4, 0.5) is 5.69 Å². The summed E-state index contributed by atoms with van der Waals surface area (Å²) in [6, 6.07) is 10.6. The standard InChI is InChI=1S/C22H24BrN3O6/c1-4-31-21(29)13-32-22-16(23)9-15(10-18(22)30-3)12-24-26-20(28)11-19(27)25-17-8-6-5-7-14(17)2/h5-10,12H,4,11,13H2,1-3H3,(H,25,27)(H,26,28). The fourth-order valence-corrected chi connectivity index (χ4v) is 3.13. The predicted octanol–water partition coefficient (Wildman–Crippen LogP) is 3.19. The molecule has 2 aromatic carbocycles. The summed E-state index contributed by atoms with van der Waals surface area (Å²) in [4.78, 5) is 35.5. The number of nitrogens with zero attached hydrogens (tertiary/aromatic N) is 1. The van der Waals surface area contributed by atoms with E-state index in [1.165, 1.54) is 13.3 Å². The minimum Gasteiger partial charge on any atom is -0.493 e. The van der Waals surface area contributed by atoms with Gasteiger partial charge in [0.1, 0.15) is 6.42 Å². The van der Waals surface area contributed by atoms with E-state index in [-0.39, 0.29) is 19.6 Å². The van der Waals surface area contributed by atoms with E-state index in [1.807, 2.05) is 19.1 Å². The monoisotopic (exact) mass is 505 g/mol. The summed E-state index contributed by atoms with van der Waals surface area (Å²) in [5.41, 5.74) is 4.44. The lowest BCUT2D eigenvalue weighted by Crippen LogP contribution is -2.24. The Balaban J connectivity index is 1.93. The molecule has 0 heterocycles. The SMILES string of the molecule is CCOC(=O)COc1c(Br)cc(C=NNC(=O)CC(=O)Nc2ccccc2C)cc1OC. The summed E-state index contributed by atoms with van der Waals surface area (Å²) in [5, 5.41) is 6.55. The van der Waals surface area contributed by atoms with Gasteiger partial charge in [-0.2, -0.15) is 5.10 Å². The van der Waals surface area contributed by atoms with E-state index < -0.39 is 17.8 Å². The second kappa shape index (κ2) is 12.5. The highest BCUT2D eigenvalue weighted by Crippen LogP contribution is 2.36. The van der Waals surface area contributed by atoms with Crippen LogP contribution in [0.2, 0.25) is 0 Å². The van der Waals surface area contributed by atoms with Crippen LogP contribution < -0.4 is 20.2 Å². The van der Waals surface area contributed by atoms with Crippen LogP contribution >= 0.6 is 15.9 Å². The number of benzene rings is 2. The molecule has 0 aliphatic carbocycles. The number of carbonyl (C=O) groups excluding carboxylic acids is 3. The Morgan fingerprint density at radius 3 is 2.59 bits per heavy atom. The van der Waals surface area contributed by atoms with Crippen molar-refractivity contribution in [3.63, 3.8) is 0 Å². The molecule has 2 N–H and O–H groups in total. The van der Waals surface area contributed by atoms with E-state index in [0.717, 1.165) is 5.56 Å². The first-order valence-electron chi connectivity index (χ1n) is 9.67. The smallest absolute Gasteiger partial charge is 0.344 e. The second-order valence-corrected chi connectivity index (χ2v) is 7.32. The van der Waals surface area contributed by atoms with Crippen LogP contribution in [-0.2, 0) is 19.1 Å². The Kier molecular flexibility index (Phi) is 9.68. The Morgan fingerprint density at radius 1 is 1.16 bits per heavy atom. The normalized spacial score (nSPS) is 10.5. The molecule has 0 aliphatic heterocycles. The Labute approximate surface area is 194 Å². The van der Waals surface area contributed by atoms with Crippen LogP contribution in [0.5, 0.6) is 11.5 Å². The van der Waals surface area contributed by atoms with Crippen molar-refractivity contribution in [3.8, 4) is 11.5 Å². The van der Waals surface area contributed by atoms with Crippen molar-refractivity contribution in [1.82, 2.24) is 5.43 Å². The number of nitrogens with one attached hydrogen (secondary N) is 2. The molecule has 2 aromatic rings. The molecule has 0 fully saturated rings. The zero-order chi connectivity index (χ0) is 23.5. The first-order chi connectivity index (χ1) is 15.3. The number of aryl methyl sites for hydroxylation is 1. The zero-order valence-corrected chi connectivity index (χ0v) is 19.5. The number of rotatable bonds is 10. The van der Waals surface area contributed by atoms with Crippen molar-refractivity contribution in [1.29, 1.82) is 0 Å². The molecule has 0 bridgehead atoms. The van der Waals surface area contributed by atoms with E-state index in [9.17, 15) is 14.4 Å². The molecule has 0 aromatic heterocycles. The predicted molar refractivity (Wildman–Crippen MR) is 123 cm³/mol. The van der Waals surface area contributed by atoms with Crippen LogP contribution in [0, 0.1) is 6.92 Å². The van der Waals surface area contributed by atoms with Crippen molar-refractivity contribution in [3.05, 3.63) is 52.0 Å². The van der Waals surface area contributed by atoms with Gasteiger partial charge >= 0.3 is 5.97 Å². The molecule has 2 rings (SSSR count). The third kappa shape index (κ3) is 7.69. The van der Waals surface area contributed by atoms with Gasteiger partial charge in [0.05, 0.1) is 24.4 Å². The highest BCUT2D eigenvalue weighted by atomic mass is 79.9. The molecule has 10 heteroatoms.